The molecule has 2 aliphatic rings. The summed E-state index contributed by atoms with van der Waals surface area (Å²) in [5.41, 5.74) is 2.37. The van der Waals surface area contributed by atoms with Crippen LogP contribution in [-0.2, 0) is 16.5 Å². The number of morpholine rings is 1. The van der Waals surface area contributed by atoms with Gasteiger partial charge in [0.05, 0.1) is 43.6 Å². The first-order valence-electron chi connectivity index (χ1n) is 8.98. The molecule has 0 aliphatic carbocycles. The van der Waals surface area contributed by atoms with Gasteiger partial charge >= 0.3 is 0 Å². The van der Waals surface area contributed by atoms with Crippen LogP contribution >= 0.6 is 0 Å². The minimum absolute atomic E-state index is 0.102. The van der Waals surface area contributed by atoms with Crippen molar-refractivity contribution in [1.82, 2.24) is 14.5 Å². The number of aryl methyl sites for hydroxylation is 1. The third-order valence-corrected chi connectivity index (χ3v) is 4.93. The zero-order valence-corrected chi connectivity index (χ0v) is 14.9. The molecule has 26 heavy (non-hydrogen) atoms. The van der Waals surface area contributed by atoms with Gasteiger partial charge in [0.15, 0.2) is 0 Å². The second-order valence-electron chi connectivity index (χ2n) is 6.75. The maximum absolute atomic E-state index is 12.8. The highest BCUT2D eigenvalue weighted by Gasteiger charge is 2.23. The van der Waals surface area contributed by atoms with Crippen molar-refractivity contribution in [2.24, 2.45) is 7.05 Å². The highest BCUT2D eigenvalue weighted by atomic mass is 16.5. The van der Waals surface area contributed by atoms with E-state index in [0.29, 0.717) is 31.9 Å². The van der Waals surface area contributed by atoms with Crippen LogP contribution in [0.3, 0.4) is 0 Å². The number of carbonyl (C=O) groups excluding carboxylic acids is 1. The lowest BCUT2D eigenvalue weighted by atomic mass is 10.1. The summed E-state index contributed by atoms with van der Waals surface area (Å²) in [6.07, 6.45) is -0.645. The highest BCUT2D eigenvalue weighted by Crippen LogP contribution is 2.23. The molecule has 0 saturated carbocycles. The molecule has 3 heterocycles. The maximum Gasteiger partial charge on any atom is 0.254 e. The van der Waals surface area contributed by atoms with Crippen molar-refractivity contribution in [3.63, 3.8) is 0 Å². The summed E-state index contributed by atoms with van der Waals surface area (Å²) in [7, 11) is 1.99. The van der Waals surface area contributed by atoms with Crippen molar-refractivity contribution in [2.75, 3.05) is 57.5 Å². The smallest absolute Gasteiger partial charge is 0.254 e. The number of aromatic nitrogens is 2. The number of anilines is 1. The largest absolute Gasteiger partial charge is 0.389 e. The lowest BCUT2D eigenvalue weighted by Crippen LogP contribution is -2.37. The Morgan fingerprint density at radius 3 is 2.77 bits per heavy atom. The molecule has 8 heteroatoms. The summed E-state index contributed by atoms with van der Waals surface area (Å²) in [5, 5.41) is 9.86. The number of benzene rings is 1. The topological polar surface area (TPSA) is 80.1 Å². The fourth-order valence-corrected chi connectivity index (χ4v) is 3.53. The second-order valence-corrected chi connectivity index (χ2v) is 6.75. The highest BCUT2D eigenvalue weighted by molar-refractivity contribution is 5.97. The first-order valence-corrected chi connectivity index (χ1v) is 8.98. The Morgan fingerprint density at radius 2 is 1.96 bits per heavy atom. The average molecular weight is 360 g/mol. The number of nitrogens with zero attached hydrogens (tertiary/aromatic N) is 4. The number of aliphatic hydroxyl groups is 1. The fraction of sp³-hybridized carbons (Fsp3) is 0.556. The van der Waals surface area contributed by atoms with E-state index in [-0.39, 0.29) is 19.1 Å². The van der Waals surface area contributed by atoms with Gasteiger partial charge in [0.2, 0.25) is 5.95 Å². The summed E-state index contributed by atoms with van der Waals surface area (Å²) in [6, 6.07) is 5.59. The van der Waals surface area contributed by atoms with Crippen molar-refractivity contribution in [3.05, 3.63) is 23.8 Å². The number of carbonyl (C=O) groups is 1. The normalized spacial score (nSPS) is 21.8. The van der Waals surface area contributed by atoms with Gasteiger partial charge in [-0.1, -0.05) is 0 Å². The van der Waals surface area contributed by atoms with Gasteiger partial charge in [-0.15, -0.1) is 0 Å². The van der Waals surface area contributed by atoms with Gasteiger partial charge in [-0.2, -0.15) is 0 Å². The Balaban J connectivity index is 1.61. The molecule has 0 bridgehead atoms. The molecule has 1 atom stereocenters. The molecule has 1 aromatic carbocycles. The molecule has 0 spiro atoms. The molecule has 1 amide bonds. The Kier molecular flexibility index (Phi) is 4.80. The number of amides is 1. The maximum atomic E-state index is 12.8. The van der Waals surface area contributed by atoms with E-state index < -0.39 is 6.10 Å². The Bertz CT molecular complexity index is 800. The van der Waals surface area contributed by atoms with Crippen LogP contribution < -0.4 is 4.90 Å². The third kappa shape index (κ3) is 3.27. The van der Waals surface area contributed by atoms with Gasteiger partial charge in [-0.25, -0.2) is 4.98 Å². The van der Waals surface area contributed by atoms with Crippen LogP contribution in [0.5, 0.6) is 0 Å². The number of aliphatic hydroxyl groups excluding tert-OH is 1. The van der Waals surface area contributed by atoms with Crippen LogP contribution in [-0.4, -0.2) is 84.2 Å². The Labute approximate surface area is 151 Å². The summed E-state index contributed by atoms with van der Waals surface area (Å²) in [5.74, 6) is 0.793. The van der Waals surface area contributed by atoms with Crippen LogP contribution in [0, 0.1) is 0 Å². The van der Waals surface area contributed by atoms with E-state index >= 15 is 0 Å². The van der Waals surface area contributed by atoms with Crippen LogP contribution in [0.1, 0.15) is 10.4 Å². The number of fused-ring (bicyclic) bond motifs is 1. The van der Waals surface area contributed by atoms with Crippen LogP contribution in [0.15, 0.2) is 18.2 Å². The quantitative estimate of drug-likeness (QED) is 0.827. The van der Waals surface area contributed by atoms with Crippen molar-refractivity contribution >= 4 is 22.9 Å². The van der Waals surface area contributed by atoms with Crippen LogP contribution in [0.2, 0.25) is 0 Å². The van der Waals surface area contributed by atoms with E-state index in [4.69, 9.17) is 14.5 Å². The van der Waals surface area contributed by atoms with Crippen molar-refractivity contribution < 1.29 is 19.4 Å². The number of hydrogen-bond acceptors (Lipinski definition) is 6. The van der Waals surface area contributed by atoms with Crippen LogP contribution in [0.4, 0.5) is 5.95 Å². The van der Waals surface area contributed by atoms with Crippen molar-refractivity contribution in [2.45, 2.75) is 6.10 Å². The van der Waals surface area contributed by atoms with Gasteiger partial charge in [-0.05, 0) is 18.2 Å². The summed E-state index contributed by atoms with van der Waals surface area (Å²) in [6.45, 7) is 4.51. The SMILES string of the molecule is Cn1c(N2CCOCC2)nc2cc(C(=O)N3CCOCC(O)C3)ccc21. The molecule has 2 fully saturated rings. The van der Waals surface area contributed by atoms with E-state index in [9.17, 15) is 9.90 Å². The molecule has 8 nitrogen and oxygen atoms in total. The number of imidazole rings is 1. The number of hydrogen-bond donors (Lipinski definition) is 1. The second kappa shape index (κ2) is 7.22. The monoisotopic (exact) mass is 360 g/mol. The van der Waals surface area contributed by atoms with E-state index in [1.165, 1.54) is 0 Å². The lowest BCUT2D eigenvalue weighted by Gasteiger charge is -2.27. The molecule has 4 rings (SSSR count). The molecule has 2 saturated heterocycles. The van der Waals surface area contributed by atoms with Gasteiger partial charge in [0, 0.05) is 38.8 Å². The minimum Gasteiger partial charge on any atom is -0.389 e. The number of ether oxygens (including phenoxy) is 2. The first kappa shape index (κ1) is 17.3. The summed E-state index contributed by atoms with van der Waals surface area (Å²) >= 11 is 0. The lowest BCUT2D eigenvalue weighted by molar-refractivity contribution is 0.0534. The van der Waals surface area contributed by atoms with Gasteiger partial charge in [0.1, 0.15) is 0 Å². The van der Waals surface area contributed by atoms with E-state index in [1.807, 2.05) is 25.2 Å². The third-order valence-electron chi connectivity index (χ3n) is 4.93. The van der Waals surface area contributed by atoms with E-state index in [2.05, 4.69) is 9.47 Å². The molecule has 2 aliphatic heterocycles. The van der Waals surface area contributed by atoms with Crippen molar-refractivity contribution in [1.29, 1.82) is 0 Å². The van der Waals surface area contributed by atoms with E-state index in [0.717, 1.165) is 30.1 Å². The van der Waals surface area contributed by atoms with Gasteiger partial charge in [-0.3, -0.25) is 4.79 Å². The fourth-order valence-electron chi connectivity index (χ4n) is 3.53. The average Bonchev–Trinajstić information content (AvgIpc) is 2.84. The predicted octanol–water partition coefficient (Wildman–Crippen LogP) is 0.243. The minimum atomic E-state index is -0.645. The zero-order chi connectivity index (χ0) is 18.1. The van der Waals surface area contributed by atoms with E-state index in [1.54, 1.807) is 4.90 Å². The predicted molar refractivity (Wildman–Crippen MR) is 96.5 cm³/mol. The number of rotatable bonds is 2. The van der Waals surface area contributed by atoms with Crippen molar-refractivity contribution in [3.8, 4) is 0 Å². The molecule has 2 aromatic rings. The molecular formula is C18H24N4O4. The zero-order valence-electron chi connectivity index (χ0n) is 14.9. The first-order chi connectivity index (χ1) is 12.6. The summed E-state index contributed by atoms with van der Waals surface area (Å²) in [4.78, 5) is 21.4. The number of β-amino-alcohol motifs (C(OH)–C–C–N with tert-alkyl or cyclic N) is 1. The molecule has 1 aromatic heterocycles. The summed E-state index contributed by atoms with van der Waals surface area (Å²) < 4.78 is 12.8. The molecule has 0 radical (unpaired) electrons. The molecule has 1 unspecified atom stereocenters. The van der Waals surface area contributed by atoms with Gasteiger partial charge in [0.25, 0.3) is 5.91 Å². The molecule has 1 N–H and O–H groups in total. The molecule has 140 valence electrons. The van der Waals surface area contributed by atoms with Crippen LogP contribution in [0.25, 0.3) is 11.0 Å². The molecular weight excluding hydrogens is 336 g/mol. The standard InChI is InChI=1S/C18H24N4O4/c1-20-16-3-2-13(17(24)22-6-9-26-12-14(23)11-22)10-15(16)19-18(20)21-4-7-25-8-5-21/h2-3,10,14,23H,4-9,11-12H2,1H3. The Morgan fingerprint density at radius 1 is 1.19 bits per heavy atom. The Hall–Kier alpha value is -2.16. The van der Waals surface area contributed by atoms with Gasteiger partial charge < -0.3 is 28.9 Å².